The molecule has 0 atom stereocenters. The van der Waals surface area contributed by atoms with E-state index in [2.05, 4.69) is 4.98 Å². The van der Waals surface area contributed by atoms with E-state index in [1.54, 1.807) is 25.8 Å². The van der Waals surface area contributed by atoms with E-state index in [0.29, 0.717) is 18.5 Å². The maximum Gasteiger partial charge on any atom is 0.253 e. The Morgan fingerprint density at radius 1 is 1.20 bits per heavy atom. The first kappa shape index (κ1) is 19.1. The molecule has 0 saturated heterocycles. The first-order valence-electron chi connectivity index (χ1n) is 8.65. The van der Waals surface area contributed by atoms with Crippen molar-refractivity contribution in [2.75, 3.05) is 7.05 Å². The largest absolute Gasteiger partial charge is 0.390 e. The molecule has 25 heavy (non-hydrogen) atoms. The minimum absolute atomic E-state index is 0.0222. The predicted molar refractivity (Wildman–Crippen MR) is 101 cm³/mol. The van der Waals surface area contributed by atoms with Crippen LogP contribution >= 0.6 is 0 Å². The molecular formula is C21H28N2O2. The van der Waals surface area contributed by atoms with Crippen LogP contribution in [0.25, 0.3) is 0 Å². The van der Waals surface area contributed by atoms with Gasteiger partial charge in [0.15, 0.2) is 0 Å². The summed E-state index contributed by atoms with van der Waals surface area (Å²) >= 11 is 0. The van der Waals surface area contributed by atoms with Crippen molar-refractivity contribution in [3.8, 4) is 0 Å². The van der Waals surface area contributed by atoms with Gasteiger partial charge in [-0.3, -0.25) is 9.78 Å². The van der Waals surface area contributed by atoms with Crippen molar-refractivity contribution in [2.24, 2.45) is 0 Å². The van der Waals surface area contributed by atoms with Crippen LogP contribution in [0.3, 0.4) is 0 Å². The zero-order valence-electron chi connectivity index (χ0n) is 15.8. The Morgan fingerprint density at radius 3 is 2.56 bits per heavy atom. The van der Waals surface area contributed by atoms with Crippen LogP contribution in [-0.2, 0) is 13.0 Å². The van der Waals surface area contributed by atoms with E-state index in [-0.39, 0.29) is 5.91 Å². The summed E-state index contributed by atoms with van der Waals surface area (Å²) in [6.45, 7) is 8.07. The van der Waals surface area contributed by atoms with Gasteiger partial charge in [-0.05, 0) is 75.9 Å². The summed E-state index contributed by atoms with van der Waals surface area (Å²) in [7, 11) is 1.80. The van der Waals surface area contributed by atoms with Crippen LogP contribution < -0.4 is 0 Å². The Hall–Kier alpha value is -2.20. The summed E-state index contributed by atoms with van der Waals surface area (Å²) in [5.41, 5.74) is 4.03. The number of pyridine rings is 1. The van der Waals surface area contributed by atoms with E-state index < -0.39 is 5.60 Å². The van der Waals surface area contributed by atoms with Crippen LogP contribution in [0.2, 0.25) is 0 Å². The minimum Gasteiger partial charge on any atom is -0.390 e. The number of carbonyl (C=O) groups excluding carboxylic acids is 1. The van der Waals surface area contributed by atoms with Gasteiger partial charge in [0.25, 0.3) is 5.91 Å². The average Bonchev–Trinajstić information content (AvgIpc) is 2.51. The summed E-state index contributed by atoms with van der Waals surface area (Å²) in [5.74, 6) is -0.0222. The van der Waals surface area contributed by atoms with Crippen LogP contribution in [0.4, 0.5) is 0 Å². The van der Waals surface area contributed by atoms with E-state index in [1.807, 2.05) is 50.2 Å². The Bertz CT molecular complexity index is 728. The van der Waals surface area contributed by atoms with Gasteiger partial charge >= 0.3 is 0 Å². The third kappa shape index (κ3) is 5.98. The van der Waals surface area contributed by atoms with Gasteiger partial charge in [-0.2, -0.15) is 0 Å². The van der Waals surface area contributed by atoms with Crippen molar-refractivity contribution in [3.05, 3.63) is 64.5 Å². The van der Waals surface area contributed by atoms with Gasteiger partial charge in [0.1, 0.15) is 0 Å². The van der Waals surface area contributed by atoms with Gasteiger partial charge in [0.05, 0.1) is 17.8 Å². The molecule has 0 bridgehead atoms. The number of aryl methyl sites for hydroxylation is 3. The van der Waals surface area contributed by atoms with Crippen LogP contribution in [0.1, 0.15) is 53.1 Å². The van der Waals surface area contributed by atoms with Gasteiger partial charge in [-0.1, -0.05) is 12.1 Å². The Kier molecular flexibility index (Phi) is 5.96. The molecule has 2 aromatic rings. The Balaban J connectivity index is 2.08. The van der Waals surface area contributed by atoms with Crippen LogP contribution in [0, 0.1) is 13.8 Å². The maximum absolute atomic E-state index is 12.7. The lowest BCUT2D eigenvalue weighted by molar-refractivity contribution is 0.0714. The molecule has 0 aliphatic rings. The van der Waals surface area contributed by atoms with Gasteiger partial charge in [-0.15, -0.1) is 0 Å². The van der Waals surface area contributed by atoms with Gasteiger partial charge < -0.3 is 10.0 Å². The molecule has 1 N–H and O–H groups in total. The maximum atomic E-state index is 12.7. The number of amides is 1. The molecule has 0 spiro atoms. The van der Waals surface area contributed by atoms with Gasteiger partial charge in [-0.25, -0.2) is 0 Å². The van der Waals surface area contributed by atoms with Crippen molar-refractivity contribution in [1.29, 1.82) is 0 Å². The summed E-state index contributed by atoms with van der Waals surface area (Å²) < 4.78 is 0. The number of nitrogens with zero attached hydrogens (tertiary/aromatic N) is 2. The first-order chi connectivity index (χ1) is 11.6. The fraction of sp³-hybridized carbons (Fsp3) is 0.429. The quantitative estimate of drug-likeness (QED) is 0.873. The van der Waals surface area contributed by atoms with Gasteiger partial charge in [0, 0.05) is 18.3 Å². The summed E-state index contributed by atoms with van der Waals surface area (Å²) in [6, 6.07) is 11.7. The zero-order valence-corrected chi connectivity index (χ0v) is 15.8. The molecule has 2 rings (SSSR count). The molecule has 0 aliphatic carbocycles. The van der Waals surface area contributed by atoms with E-state index >= 15 is 0 Å². The van der Waals surface area contributed by atoms with Crippen molar-refractivity contribution in [1.82, 2.24) is 9.88 Å². The number of benzene rings is 1. The molecule has 134 valence electrons. The predicted octanol–water partition coefficient (Wildman–Crippen LogP) is 3.67. The summed E-state index contributed by atoms with van der Waals surface area (Å²) in [5, 5.41) is 9.87. The van der Waals surface area contributed by atoms with E-state index in [4.69, 9.17) is 0 Å². The SMILES string of the molecule is Cc1cc(C)nc(CN(C)C(=O)c2cccc(CCC(C)(C)O)c2)c1. The van der Waals surface area contributed by atoms with Gasteiger partial charge in [0.2, 0.25) is 0 Å². The highest BCUT2D eigenvalue weighted by Crippen LogP contribution is 2.16. The summed E-state index contributed by atoms with van der Waals surface area (Å²) in [4.78, 5) is 18.9. The number of aliphatic hydroxyl groups is 1. The minimum atomic E-state index is -0.703. The second-order valence-corrected chi connectivity index (χ2v) is 7.45. The summed E-state index contributed by atoms with van der Waals surface area (Å²) in [6.07, 6.45) is 1.40. The van der Waals surface area contributed by atoms with Crippen molar-refractivity contribution in [2.45, 2.75) is 52.7 Å². The molecular weight excluding hydrogens is 312 g/mol. The first-order valence-corrected chi connectivity index (χ1v) is 8.65. The molecule has 0 radical (unpaired) electrons. The highest BCUT2D eigenvalue weighted by Gasteiger charge is 2.15. The van der Waals surface area contributed by atoms with Crippen molar-refractivity contribution >= 4 is 5.91 Å². The molecule has 1 aromatic heterocycles. The highest BCUT2D eigenvalue weighted by molar-refractivity contribution is 5.94. The number of carbonyl (C=O) groups is 1. The third-order valence-electron chi connectivity index (χ3n) is 4.10. The number of hydrogen-bond acceptors (Lipinski definition) is 3. The van der Waals surface area contributed by atoms with Crippen molar-refractivity contribution in [3.63, 3.8) is 0 Å². The van der Waals surface area contributed by atoms with Crippen LogP contribution in [-0.4, -0.2) is 33.5 Å². The molecule has 4 nitrogen and oxygen atoms in total. The molecule has 1 amide bonds. The fourth-order valence-corrected chi connectivity index (χ4v) is 2.85. The lowest BCUT2D eigenvalue weighted by Crippen LogP contribution is -2.27. The smallest absolute Gasteiger partial charge is 0.253 e. The second kappa shape index (κ2) is 7.79. The Morgan fingerprint density at radius 2 is 1.92 bits per heavy atom. The van der Waals surface area contributed by atoms with E-state index in [9.17, 15) is 9.90 Å². The molecule has 0 saturated carbocycles. The normalized spacial score (nSPS) is 11.4. The van der Waals surface area contributed by atoms with Crippen molar-refractivity contribution < 1.29 is 9.90 Å². The lowest BCUT2D eigenvalue weighted by atomic mass is 9.98. The number of rotatable bonds is 6. The standard InChI is InChI=1S/C21H28N2O2/c1-15-11-16(2)22-19(12-15)14-23(5)20(24)18-8-6-7-17(13-18)9-10-21(3,4)25/h6-8,11-13,25H,9-10,14H2,1-5H3. The Labute approximate surface area is 150 Å². The fourth-order valence-electron chi connectivity index (χ4n) is 2.85. The van der Waals surface area contributed by atoms with E-state index in [1.165, 1.54) is 0 Å². The number of aromatic nitrogens is 1. The lowest BCUT2D eigenvalue weighted by Gasteiger charge is -2.19. The zero-order chi connectivity index (χ0) is 18.6. The number of hydrogen-bond donors (Lipinski definition) is 1. The third-order valence-corrected chi connectivity index (χ3v) is 4.10. The molecule has 1 aromatic carbocycles. The molecule has 4 heteroatoms. The van der Waals surface area contributed by atoms with Crippen LogP contribution in [0.5, 0.6) is 0 Å². The molecule has 0 fully saturated rings. The molecule has 1 heterocycles. The topological polar surface area (TPSA) is 53.4 Å². The molecule has 0 aliphatic heterocycles. The monoisotopic (exact) mass is 340 g/mol. The highest BCUT2D eigenvalue weighted by atomic mass is 16.3. The van der Waals surface area contributed by atoms with Crippen LogP contribution in [0.15, 0.2) is 36.4 Å². The van der Waals surface area contributed by atoms with E-state index in [0.717, 1.165) is 28.9 Å². The molecule has 0 unspecified atom stereocenters. The second-order valence-electron chi connectivity index (χ2n) is 7.45. The average molecular weight is 340 g/mol.